The van der Waals surface area contributed by atoms with E-state index in [9.17, 15) is 13.4 Å². The highest BCUT2D eigenvalue weighted by Gasteiger charge is 2.29. The fraction of sp³-hybridized carbons (Fsp3) is 0.533. The molecule has 6 rings (SSSR count). The quantitative estimate of drug-likeness (QED) is 0.440. The third-order valence-corrected chi connectivity index (χ3v) is 11.3. The Morgan fingerprint density at radius 1 is 1.13 bits per heavy atom. The standard InChI is InChI=1S/C30H38FN5O2S/c1-21-16-32-17-28-30(21)25(14-24-6-10-34(19-24)18-23-7-11-35(12-8-23)22(2)37)20-36(28)27-5-4-26(31)15-29(27)39(38)13-3-9-33-39/h4-5,15-17,20,23-24H,3,6-14,18-19H2,1-2H3/t24-,39-/m0/s1. The Balaban J connectivity index is 1.25. The molecule has 208 valence electrons. The van der Waals surface area contributed by atoms with Crippen molar-refractivity contribution >= 4 is 26.5 Å². The van der Waals surface area contributed by atoms with Crippen LogP contribution in [0.5, 0.6) is 0 Å². The van der Waals surface area contributed by atoms with Crippen molar-refractivity contribution in [2.75, 3.05) is 45.0 Å². The number of aromatic nitrogens is 2. The molecule has 0 spiro atoms. The molecule has 7 nitrogen and oxygen atoms in total. The second kappa shape index (κ2) is 10.7. The molecule has 3 aromatic rings. The minimum Gasteiger partial charge on any atom is -0.343 e. The number of aryl methyl sites for hydroxylation is 1. The number of pyridine rings is 1. The first-order chi connectivity index (χ1) is 18.8. The van der Waals surface area contributed by atoms with Gasteiger partial charge in [-0.05, 0) is 86.7 Å². The first kappa shape index (κ1) is 26.4. The molecule has 0 N–H and O–H groups in total. The van der Waals surface area contributed by atoms with E-state index in [-0.39, 0.29) is 11.7 Å². The molecule has 1 amide bonds. The summed E-state index contributed by atoms with van der Waals surface area (Å²) < 4.78 is 34.6. The van der Waals surface area contributed by atoms with Crippen LogP contribution in [0, 0.1) is 24.6 Å². The average molecular weight is 552 g/mol. The van der Waals surface area contributed by atoms with Gasteiger partial charge in [0, 0.05) is 63.2 Å². The molecular formula is C30H38FN5O2S. The third kappa shape index (κ3) is 5.23. The lowest BCUT2D eigenvalue weighted by molar-refractivity contribution is -0.130. The van der Waals surface area contributed by atoms with E-state index < -0.39 is 9.73 Å². The van der Waals surface area contributed by atoms with E-state index in [0.29, 0.717) is 29.0 Å². The van der Waals surface area contributed by atoms with Crippen LogP contribution in [0.25, 0.3) is 16.6 Å². The van der Waals surface area contributed by atoms with Crippen LogP contribution in [0.2, 0.25) is 0 Å². The molecule has 0 aliphatic carbocycles. The molecule has 3 aliphatic heterocycles. The van der Waals surface area contributed by atoms with E-state index in [1.165, 1.54) is 23.1 Å². The highest BCUT2D eigenvalue weighted by Crippen LogP contribution is 2.35. The number of fused-ring (bicyclic) bond motifs is 1. The van der Waals surface area contributed by atoms with Crippen molar-refractivity contribution in [3.05, 3.63) is 53.7 Å². The van der Waals surface area contributed by atoms with Crippen molar-refractivity contribution in [2.45, 2.75) is 50.8 Å². The van der Waals surface area contributed by atoms with E-state index in [2.05, 4.69) is 31.9 Å². The molecule has 0 bridgehead atoms. The Morgan fingerprint density at radius 2 is 1.92 bits per heavy atom. The maximum atomic E-state index is 14.4. The van der Waals surface area contributed by atoms with Crippen molar-refractivity contribution < 1.29 is 13.4 Å². The van der Waals surface area contributed by atoms with Crippen molar-refractivity contribution in [1.82, 2.24) is 19.4 Å². The zero-order valence-electron chi connectivity index (χ0n) is 22.9. The van der Waals surface area contributed by atoms with E-state index in [0.717, 1.165) is 81.6 Å². The molecular weight excluding hydrogens is 513 g/mol. The first-order valence-electron chi connectivity index (χ1n) is 14.2. The molecule has 1 aromatic carbocycles. The number of rotatable bonds is 6. The Bertz CT molecular complexity index is 1520. The number of likely N-dealkylation sites (tertiary alicyclic amines) is 2. The highest BCUT2D eigenvalue weighted by atomic mass is 32.2. The summed E-state index contributed by atoms with van der Waals surface area (Å²) in [5.74, 6) is 1.50. The van der Waals surface area contributed by atoms with Gasteiger partial charge < -0.3 is 14.4 Å². The second-order valence-electron chi connectivity index (χ2n) is 11.6. The number of carbonyl (C=O) groups is 1. The predicted octanol–water partition coefficient (Wildman–Crippen LogP) is 4.83. The van der Waals surface area contributed by atoms with Crippen molar-refractivity contribution in [3.8, 4) is 5.69 Å². The van der Waals surface area contributed by atoms with E-state index in [1.807, 2.05) is 17.3 Å². The molecule has 9 heteroatoms. The summed E-state index contributed by atoms with van der Waals surface area (Å²) in [5.41, 5.74) is 4.08. The highest BCUT2D eigenvalue weighted by molar-refractivity contribution is 7.94. The van der Waals surface area contributed by atoms with Crippen LogP contribution < -0.4 is 0 Å². The number of benzene rings is 1. The summed E-state index contributed by atoms with van der Waals surface area (Å²) >= 11 is 0. The van der Waals surface area contributed by atoms with Gasteiger partial charge in [0.2, 0.25) is 5.91 Å². The lowest BCUT2D eigenvalue weighted by Gasteiger charge is -2.33. The molecule has 3 aliphatic rings. The van der Waals surface area contributed by atoms with Gasteiger partial charge in [0.05, 0.1) is 32.0 Å². The number of hydrogen-bond donors (Lipinski definition) is 0. The van der Waals surface area contributed by atoms with Crippen molar-refractivity contribution in [1.29, 1.82) is 0 Å². The number of piperidine rings is 1. The van der Waals surface area contributed by atoms with Crippen LogP contribution in [0.1, 0.15) is 43.7 Å². The average Bonchev–Trinajstić information content (AvgIpc) is 3.65. The molecule has 2 fully saturated rings. The predicted molar refractivity (Wildman–Crippen MR) is 152 cm³/mol. The Morgan fingerprint density at radius 3 is 2.67 bits per heavy atom. The molecule has 0 unspecified atom stereocenters. The van der Waals surface area contributed by atoms with E-state index in [1.54, 1.807) is 13.0 Å². The molecule has 0 saturated carbocycles. The number of hydrogen-bond acceptors (Lipinski definition) is 5. The van der Waals surface area contributed by atoms with Crippen molar-refractivity contribution in [2.24, 2.45) is 16.2 Å². The number of halogens is 1. The summed E-state index contributed by atoms with van der Waals surface area (Å²) in [5, 5.41) is 1.19. The van der Waals surface area contributed by atoms with E-state index >= 15 is 0 Å². The monoisotopic (exact) mass is 551 g/mol. The van der Waals surface area contributed by atoms with Gasteiger partial charge in [-0.15, -0.1) is 0 Å². The van der Waals surface area contributed by atoms with Gasteiger partial charge in [-0.3, -0.25) is 9.78 Å². The van der Waals surface area contributed by atoms with Crippen LogP contribution in [-0.2, 0) is 20.9 Å². The topological polar surface area (TPSA) is 70.8 Å². The van der Waals surface area contributed by atoms with Gasteiger partial charge in [-0.2, -0.15) is 0 Å². The van der Waals surface area contributed by atoms with Crippen LogP contribution in [0.3, 0.4) is 0 Å². The van der Waals surface area contributed by atoms with Gasteiger partial charge >= 0.3 is 0 Å². The number of amides is 1. The van der Waals surface area contributed by atoms with Crippen LogP contribution in [0.4, 0.5) is 4.39 Å². The lowest BCUT2D eigenvalue weighted by atomic mass is 9.96. The van der Waals surface area contributed by atoms with Gasteiger partial charge in [-0.25, -0.2) is 13.0 Å². The van der Waals surface area contributed by atoms with Crippen LogP contribution in [-0.4, -0.2) is 74.5 Å². The number of carbonyl (C=O) groups excluding carboxylic acids is 1. The molecule has 2 aromatic heterocycles. The minimum absolute atomic E-state index is 0.191. The van der Waals surface area contributed by atoms with Crippen LogP contribution >= 0.6 is 0 Å². The normalized spacial score (nSPS) is 24.5. The summed E-state index contributed by atoms with van der Waals surface area (Å²) in [6.45, 7) is 9.40. The Hall–Kier alpha value is -2.78. The lowest BCUT2D eigenvalue weighted by Crippen LogP contribution is -2.40. The summed E-state index contributed by atoms with van der Waals surface area (Å²) in [4.78, 5) is 21.2. The zero-order valence-corrected chi connectivity index (χ0v) is 23.8. The Labute approximate surface area is 230 Å². The second-order valence-corrected chi connectivity index (χ2v) is 14.0. The molecule has 39 heavy (non-hydrogen) atoms. The fourth-order valence-electron chi connectivity index (χ4n) is 6.81. The molecule has 2 saturated heterocycles. The summed E-state index contributed by atoms with van der Waals surface area (Å²) in [7, 11) is -2.64. The van der Waals surface area contributed by atoms with Gasteiger partial charge in [0.15, 0.2) is 0 Å². The van der Waals surface area contributed by atoms with Gasteiger partial charge in [0.1, 0.15) is 5.82 Å². The largest absolute Gasteiger partial charge is 0.343 e. The van der Waals surface area contributed by atoms with Crippen LogP contribution in [0.15, 0.2) is 46.0 Å². The minimum atomic E-state index is -2.64. The summed E-state index contributed by atoms with van der Waals surface area (Å²) in [6.07, 6.45) is 11.0. The third-order valence-electron chi connectivity index (χ3n) is 8.84. The molecule has 2 atom stereocenters. The Kier molecular flexibility index (Phi) is 7.22. The maximum absolute atomic E-state index is 14.4. The van der Waals surface area contributed by atoms with Gasteiger partial charge in [0.25, 0.3) is 0 Å². The fourth-order valence-corrected chi connectivity index (χ4v) is 9.03. The SMILES string of the molecule is CC(=O)N1CCC(CN2CC[C@@H](Cc3cn(-c4ccc(F)cc4[S@]4(=O)=NCCC4)c4cncc(C)c34)C2)CC1. The van der Waals surface area contributed by atoms with Crippen molar-refractivity contribution in [3.63, 3.8) is 0 Å². The molecule has 0 radical (unpaired) electrons. The first-order valence-corrected chi connectivity index (χ1v) is 15.9. The zero-order chi connectivity index (χ0) is 27.1. The summed E-state index contributed by atoms with van der Waals surface area (Å²) in [6, 6.07) is 4.60. The van der Waals surface area contributed by atoms with E-state index in [4.69, 9.17) is 0 Å². The molecule has 5 heterocycles. The maximum Gasteiger partial charge on any atom is 0.219 e. The number of nitrogens with zero attached hydrogens (tertiary/aromatic N) is 5. The smallest absolute Gasteiger partial charge is 0.219 e. The van der Waals surface area contributed by atoms with Gasteiger partial charge in [-0.1, -0.05) is 0 Å².